The van der Waals surface area contributed by atoms with Crippen LogP contribution in [0, 0.1) is 0 Å². The fourth-order valence-corrected chi connectivity index (χ4v) is 1.51. The summed E-state index contributed by atoms with van der Waals surface area (Å²) in [6.45, 7) is 7.45. The van der Waals surface area contributed by atoms with Crippen molar-refractivity contribution in [3.8, 4) is 0 Å². The molecule has 0 aliphatic rings. The minimum Gasteiger partial charge on any atom is -0.299 e. The van der Waals surface area contributed by atoms with Crippen molar-refractivity contribution in [3.05, 3.63) is 42.3 Å². The predicted octanol–water partition coefficient (Wildman–Crippen LogP) is 2.65. The van der Waals surface area contributed by atoms with E-state index in [0.717, 1.165) is 11.4 Å². The Morgan fingerprint density at radius 2 is 1.88 bits per heavy atom. The molecule has 0 atom stereocenters. The standard InChI is InChI=1S/C12H17ClN4/c1-6-10-11(8-9-12(13)14-10)16(4)17(5)15(3)7-2/h6-9H,1-2H2,3-5H3. The topological polar surface area (TPSA) is 22.6 Å². The summed E-state index contributed by atoms with van der Waals surface area (Å²) in [7, 11) is 5.75. The van der Waals surface area contributed by atoms with Crippen LogP contribution >= 0.6 is 11.6 Å². The highest BCUT2D eigenvalue weighted by Gasteiger charge is 2.13. The van der Waals surface area contributed by atoms with Crippen LogP contribution in [0.3, 0.4) is 0 Å². The van der Waals surface area contributed by atoms with Crippen molar-refractivity contribution in [2.24, 2.45) is 0 Å². The third-order valence-corrected chi connectivity index (χ3v) is 2.78. The smallest absolute Gasteiger partial charge is 0.129 e. The van der Waals surface area contributed by atoms with Crippen molar-refractivity contribution >= 4 is 23.4 Å². The molecule has 0 aliphatic heterocycles. The Morgan fingerprint density at radius 3 is 2.41 bits per heavy atom. The van der Waals surface area contributed by atoms with Gasteiger partial charge in [0, 0.05) is 27.3 Å². The van der Waals surface area contributed by atoms with E-state index in [1.165, 1.54) is 0 Å². The number of hydrogen-bond acceptors (Lipinski definition) is 4. The zero-order chi connectivity index (χ0) is 13.0. The number of pyridine rings is 1. The molecule has 92 valence electrons. The molecule has 4 nitrogen and oxygen atoms in total. The maximum atomic E-state index is 5.85. The van der Waals surface area contributed by atoms with Crippen LogP contribution < -0.4 is 5.01 Å². The summed E-state index contributed by atoms with van der Waals surface area (Å²) in [4.78, 5) is 4.21. The van der Waals surface area contributed by atoms with E-state index in [-0.39, 0.29) is 0 Å². The van der Waals surface area contributed by atoms with E-state index in [9.17, 15) is 0 Å². The maximum Gasteiger partial charge on any atom is 0.129 e. The molecule has 0 bridgehead atoms. The molecule has 0 aromatic carbocycles. The lowest BCUT2D eigenvalue weighted by Crippen LogP contribution is -2.45. The van der Waals surface area contributed by atoms with Gasteiger partial charge in [-0.15, -0.1) is 5.12 Å². The summed E-state index contributed by atoms with van der Waals surface area (Å²) >= 11 is 5.85. The molecule has 0 N–H and O–H groups in total. The van der Waals surface area contributed by atoms with Gasteiger partial charge in [0.1, 0.15) is 5.15 Å². The fourth-order valence-electron chi connectivity index (χ4n) is 1.35. The normalized spacial score (nSPS) is 10.2. The van der Waals surface area contributed by atoms with E-state index >= 15 is 0 Å². The van der Waals surface area contributed by atoms with Crippen molar-refractivity contribution < 1.29 is 0 Å². The zero-order valence-corrected chi connectivity index (χ0v) is 11.1. The van der Waals surface area contributed by atoms with E-state index in [2.05, 4.69) is 18.1 Å². The first-order valence-electron chi connectivity index (χ1n) is 5.13. The van der Waals surface area contributed by atoms with Crippen molar-refractivity contribution in [2.45, 2.75) is 0 Å². The summed E-state index contributed by atoms with van der Waals surface area (Å²) in [5.74, 6) is 0. The van der Waals surface area contributed by atoms with Crippen LogP contribution in [0.4, 0.5) is 5.69 Å². The molecule has 0 spiro atoms. The summed E-state index contributed by atoms with van der Waals surface area (Å²) < 4.78 is 0. The van der Waals surface area contributed by atoms with E-state index in [1.54, 1.807) is 18.3 Å². The van der Waals surface area contributed by atoms with Gasteiger partial charge in [0.05, 0.1) is 11.4 Å². The molecule has 1 aromatic rings. The number of rotatable bonds is 5. The minimum atomic E-state index is 0.455. The van der Waals surface area contributed by atoms with Crippen LogP contribution in [0.15, 0.2) is 31.5 Å². The van der Waals surface area contributed by atoms with Crippen LogP contribution in [0.1, 0.15) is 5.69 Å². The molecule has 1 aromatic heterocycles. The van der Waals surface area contributed by atoms with Crippen molar-refractivity contribution in [2.75, 3.05) is 26.2 Å². The van der Waals surface area contributed by atoms with Crippen molar-refractivity contribution in [1.29, 1.82) is 0 Å². The quantitative estimate of drug-likeness (QED) is 0.594. The minimum absolute atomic E-state index is 0.455. The Bertz CT molecular complexity index is 419. The number of anilines is 1. The number of hydrazine groups is 2. The third-order valence-electron chi connectivity index (χ3n) is 2.57. The summed E-state index contributed by atoms with van der Waals surface area (Å²) in [5, 5.41) is 6.13. The molecular formula is C12H17ClN4. The Labute approximate surface area is 107 Å². The Balaban J connectivity index is 3.07. The monoisotopic (exact) mass is 252 g/mol. The largest absolute Gasteiger partial charge is 0.299 e. The molecule has 0 saturated heterocycles. The second-order valence-corrected chi connectivity index (χ2v) is 3.90. The molecule has 1 rings (SSSR count). The lowest BCUT2D eigenvalue weighted by atomic mass is 10.3. The second-order valence-electron chi connectivity index (χ2n) is 3.51. The Morgan fingerprint density at radius 1 is 1.24 bits per heavy atom. The molecule has 0 unspecified atom stereocenters. The van der Waals surface area contributed by atoms with Gasteiger partial charge in [-0.3, -0.25) is 10.0 Å². The van der Waals surface area contributed by atoms with Crippen LogP contribution in [0.5, 0.6) is 0 Å². The lowest BCUT2D eigenvalue weighted by molar-refractivity contribution is 0.0726. The average Bonchev–Trinajstić information content (AvgIpc) is 2.35. The molecule has 0 radical (unpaired) electrons. The predicted molar refractivity (Wildman–Crippen MR) is 73.5 cm³/mol. The van der Waals surface area contributed by atoms with E-state index in [4.69, 9.17) is 11.6 Å². The van der Waals surface area contributed by atoms with Crippen molar-refractivity contribution in [1.82, 2.24) is 15.1 Å². The van der Waals surface area contributed by atoms with E-state index < -0.39 is 0 Å². The number of hydrogen-bond donors (Lipinski definition) is 0. The zero-order valence-electron chi connectivity index (χ0n) is 10.4. The Hall–Kier alpha value is -1.52. The first-order valence-corrected chi connectivity index (χ1v) is 5.50. The molecule has 0 fully saturated rings. The first-order chi connectivity index (χ1) is 8.01. The third kappa shape index (κ3) is 2.99. The SMILES string of the molecule is C=Cc1nc(Cl)ccc1N(C)N(C)N(C)C=C. The molecule has 17 heavy (non-hydrogen) atoms. The summed E-state index contributed by atoms with van der Waals surface area (Å²) in [6.07, 6.45) is 3.40. The van der Waals surface area contributed by atoms with Gasteiger partial charge in [-0.25, -0.2) is 4.98 Å². The van der Waals surface area contributed by atoms with Crippen LogP contribution in [-0.2, 0) is 0 Å². The van der Waals surface area contributed by atoms with Gasteiger partial charge < -0.3 is 0 Å². The summed E-state index contributed by atoms with van der Waals surface area (Å²) in [5.41, 5.74) is 1.66. The molecule has 5 heteroatoms. The van der Waals surface area contributed by atoms with E-state index in [1.807, 2.05) is 42.3 Å². The molecule has 1 heterocycles. The molecular weight excluding hydrogens is 236 g/mol. The summed E-state index contributed by atoms with van der Waals surface area (Å²) in [6, 6.07) is 3.65. The lowest BCUT2D eigenvalue weighted by Gasteiger charge is -2.36. The van der Waals surface area contributed by atoms with Gasteiger partial charge >= 0.3 is 0 Å². The molecule has 0 amide bonds. The van der Waals surface area contributed by atoms with E-state index in [0.29, 0.717) is 5.15 Å². The van der Waals surface area contributed by atoms with Gasteiger partial charge in [-0.2, -0.15) is 0 Å². The Kier molecular flexibility index (Phi) is 4.54. The van der Waals surface area contributed by atoms with Crippen LogP contribution in [-0.4, -0.2) is 36.3 Å². The number of nitrogens with zero attached hydrogens (tertiary/aromatic N) is 4. The maximum absolute atomic E-state index is 5.85. The number of halogens is 1. The average molecular weight is 253 g/mol. The highest BCUT2D eigenvalue weighted by atomic mass is 35.5. The second kappa shape index (κ2) is 5.70. The highest BCUT2D eigenvalue weighted by Crippen LogP contribution is 2.22. The first kappa shape index (κ1) is 13.5. The van der Waals surface area contributed by atoms with Gasteiger partial charge in [-0.05, 0) is 18.2 Å². The van der Waals surface area contributed by atoms with Crippen LogP contribution in [0.25, 0.3) is 6.08 Å². The van der Waals surface area contributed by atoms with Gasteiger partial charge in [-0.1, -0.05) is 24.8 Å². The van der Waals surface area contributed by atoms with Gasteiger partial charge in [0.25, 0.3) is 0 Å². The van der Waals surface area contributed by atoms with Gasteiger partial charge in [0.15, 0.2) is 0 Å². The fraction of sp³-hybridized carbons (Fsp3) is 0.250. The molecule has 0 aliphatic carbocycles. The van der Waals surface area contributed by atoms with Crippen molar-refractivity contribution in [3.63, 3.8) is 0 Å². The van der Waals surface area contributed by atoms with Crippen LogP contribution in [0.2, 0.25) is 5.15 Å². The molecule has 0 saturated carbocycles. The number of aromatic nitrogens is 1. The highest BCUT2D eigenvalue weighted by molar-refractivity contribution is 6.29. The van der Waals surface area contributed by atoms with Gasteiger partial charge in [0.2, 0.25) is 0 Å².